The first-order valence-corrected chi connectivity index (χ1v) is 4.18. The molecule has 0 amide bonds. The van der Waals surface area contributed by atoms with Crippen molar-refractivity contribution in [3.63, 3.8) is 0 Å². The van der Waals surface area contributed by atoms with Crippen LogP contribution >= 0.6 is 0 Å². The lowest BCUT2D eigenvalue weighted by Crippen LogP contribution is -2.06. The monoisotopic (exact) mass is 165 g/mol. The van der Waals surface area contributed by atoms with E-state index in [4.69, 9.17) is 5.73 Å². The van der Waals surface area contributed by atoms with Crippen LogP contribution in [0.2, 0.25) is 0 Å². The van der Waals surface area contributed by atoms with Crippen molar-refractivity contribution in [3.8, 4) is 0 Å². The van der Waals surface area contributed by atoms with Crippen molar-refractivity contribution in [2.24, 2.45) is 5.73 Å². The molecule has 0 aromatic heterocycles. The molecular weight excluding hydrogens is 150 g/mol. The number of aryl methyl sites for hydroxylation is 1. The van der Waals surface area contributed by atoms with Gasteiger partial charge in [0.15, 0.2) is 0 Å². The molecule has 1 rings (SSSR count). The van der Waals surface area contributed by atoms with Gasteiger partial charge in [-0.25, -0.2) is 0 Å². The number of hydrogen-bond acceptors (Lipinski definition) is 2. The molecule has 12 heavy (non-hydrogen) atoms. The Balaban J connectivity index is 2.68. The summed E-state index contributed by atoms with van der Waals surface area (Å²) in [4.78, 5) is 0. The zero-order chi connectivity index (χ0) is 8.97. The third-order valence-electron chi connectivity index (χ3n) is 1.90. The molecule has 0 saturated carbocycles. The SMILES string of the molecule is Cc1ccc(C(O)CCN)cc1. The zero-order valence-corrected chi connectivity index (χ0v) is 7.33. The number of hydrogen-bond donors (Lipinski definition) is 2. The van der Waals surface area contributed by atoms with Gasteiger partial charge in [0.2, 0.25) is 0 Å². The third-order valence-corrected chi connectivity index (χ3v) is 1.90. The van der Waals surface area contributed by atoms with Gasteiger partial charge in [-0.05, 0) is 25.5 Å². The second kappa shape index (κ2) is 4.24. The lowest BCUT2D eigenvalue weighted by atomic mass is 10.1. The molecule has 0 aliphatic carbocycles. The Morgan fingerprint density at radius 3 is 2.42 bits per heavy atom. The molecule has 0 radical (unpaired) electrons. The molecule has 0 saturated heterocycles. The summed E-state index contributed by atoms with van der Waals surface area (Å²) in [6, 6.07) is 7.87. The van der Waals surface area contributed by atoms with E-state index in [1.807, 2.05) is 31.2 Å². The quantitative estimate of drug-likeness (QED) is 0.710. The van der Waals surface area contributed by atoms with Crippen LogP contribution in [-0.4, -0.2) is 11.7 Å². The largest absolute Gasteiger partial charge is 0.388 e. The molecule has 1 unspecified atom stereocenters. The minimum absolute atomic E-state index is 0.407. The standard InChI is InChI=1S/C10H15NO/c1-8-2-4-9(5-3-8)10(12)6-7-11/h2-5,10,12H,6-7,11H2,1H3. The zero-order valence-electron chi connectivity index (χ0n) is 7.33. The second-order valence-corrected chi connectivity index (χ2v) is 3.00. The normalized spacial score (nSPS) is 12.9. The van der Waals surface area contributed by atoms with E-state index < -0.39 is 6.10 Å². The van der Waals surface area contributed by atoms with Crippen LogP contribution in [0.1, 0.15) is 23.7 Å². The number of aliphatic hydroxyl groups excluding tert-OH is 1. The molecule has 0 heterocycles. The summed E-state index contributed by atoms with van der Waals surface area (Å²) in [7, 11) is 0. The van der Waals surface area contributed by atoms with E-state index in [2.05, 4.69) is 0 Å². The van der Waals surface area contributed by atoms with Crippen LogP contribution in [0, 0.1) is 6.92 Å². The van der Waals surface area contributed by atoms with Gasteiger partial charge in [-0.1, -0.05) is 29.8 Å². The Labute approximate surface area is 73.0 Å². The molecule has 2 heteroatoms. The second-order valence-electron chi connectivity index (χ2n) is 3.00. The molecule has 1 aromatic rings. The maximum Gasteiger partial charge on any atom is 0.0802 e. The highest BCUT2D eigenvalue weighted by Gasteiger charge is 2.04. The molecule has 3 N–H and O–H groups in total. The van der Waals surface area contributed by atoms with Gasteiger partial charge in [-0.3, -0.25) is 0 Å². The first-order valence-electron chi connectivity index (χ1n) is 4.18. The molecule has 0 fully saturated rings. The van der Waals surface area contributed by atoms with Crippen molar-refractivity contribution < 1.29 is 5.11 Å². The molecule has 2 nitrogen and oxygen atoms in total. The summed E-state index contributed by atoms with van der Waals surface area (Å²) in [5, 5.41) is 9.53. The van der Waals surface area contributed by atoms with Crippen molar-refractivity contribution in [2.75, 3.05) is 6.54 Å². The van der Waals surface area contributed by atoms with Gasteiger partial charge >= 0.3 is 0 Å². The predicted octanol–water partition coefficient (Wildman–Crippen LogP) is 1.38. The molecule has 66 valence electrons. The van der Waals surface area contributed by atoms with Crippen molar-refractivity contribution in [3.05, 3.63) is 35.4 Å². The maximum absolute atomic E-state index is 9.53. The smallest absolute Gasteiger partial charge is 0.0802 e. The lowest BCUT2D eigenvalue weighted by Gasteiger charge is -2.08. The lowest BCUT2D eigenvalue weighted by molar-refractivity contribution is 0.170. The van der Waals surface area contributed by atoms with E-state index in [-0.39, 0.29) is 0 Å². The summed E-state index contributed by atoms with van der Waals surface area (Å²) in [6.45, 7) is 2.55. The fourth-order valence-electron chi connectivity index (χ4n) is 1.11. The highest BCUT2D eigenvalue weighted by atomic mass is 16.3. The molecule has 1 aromatic carbocycles. The summed E-state index contributed by atoms with van der Waals surface area (Å²) in [6.07, 6.45) is 0.221. The van der Waals surface area contributed by atoms with E-state index in [0.29, 0.717) is 13.0 Å². The first kappa shape index (κ1) is 9.23. The molecule has 0 spiro atoms. The van der Waals surface area contributed by atoms with Crippen LogP contribution in [0.15, 0.2) is 24.3 Å². The summed E-state index contributed by atoms with van der Waals surface area (Å²) < 4.78 is 0. The molecule has 1 atom stereocenters. The Bertz CT molecular complexity index is 230. The predicted molar refractivity (Wildman–Crippen MR) is 49.8 cm³/mol. The molecular formula is C10H15NO. The van der Waals surface area contributed by atoms with Gasteiger partial charge in [0.1, 0.15) is 0 Å². The van der Waals surface area contributed by atoms with Gasteiger partial charge in [0.25, 0.3) is 0 Å². The van der Waals surface area contributed by atoms with E-state index in [1.54, 1.807) is 0 Å². The average molecular weight is 165 g/mol. The average Bonchev–Trinajstić information content (AvgIpc) is 2.06. The highest BCUT2D eigenvalue weighted by molar-refractivity contribution is 5.22. The molecule has 0 aliphatic heterocycles. The number of benzene rings is 1. The van der Waals surface area contributed by atoms with Crippen LogP contribution < -0.4 is 5.73 Å². The molecule has 0 bridgehead atoms. The van der Waals surface area contributed by atoms with Crippen LogP contribution in [0.5, 0.6) is 0 Å². The van der Waals surface area contributed by atoms with E-state index in [0.717, 1.165) is 5.56 Å². The Morgan fingerprint density at radius 1 is 1.33 bits per heavy atom. The number of rotatable bonds is 3. The number of aliphatic hydroxyl groups is 1. The highest BCUT2D eigenvalue weighted by Crippen LogP contribution is 2.15. The molecule has 0 aliphatic rings. The van der Waals surface area contributed by atoms with E-state index in [9.17, 15) is 5.11 Å². The van der Waals surface area contributed by atoms with Gasteiger partial charge in [0.05, 0.1) is 6.10 Å². The van der Waals surface area contributed by atoms with Crippen LogP contribution in [0.4, 0.5) is 0 Å². The maximum atomic E-state index is 9.53. The minimum Gasteiger partial charge on any atom is -0.388 e. The van der Waals surface area contributed by atoms with Crippen molar-refractivity contribution in [1.29, 1.82) is 0 Å². The van der Waals surface area contributed by atoms with E-state index in [1.165, 1.54) is 5.56 Å². The fourth-order valence-corrected chi connectivity index (χ4v) is 1.11. The van der Waals surface area contributed by atoms with Gasteiger partial charge in [0, 0.05) is 0 Å². The summed E-state index contributed by atoms with van der Waals surface area (Å²) in [5.74, 6) is 0. The summed E-state index contributed by atoms with van der Waals surface area (Å²) >= 11 is 0. The van der Waals surface area contributed by atoms with Crippen LogP contribution in [0.25, 0.3) is 0 Å². The summed E-state index contributed by atoms with van der Waals surface area (Å²) in [5.41, 5.74) is 7.49. The fraction of sp³-hybridized carbons (Fsp3) is 0.400. The van der Waals surface area contributed by atoms with Crippen molar-refractivity contribution in [2.45, 2.75) is 19.4 Å². The van der Waals surface area contributed by atoms with Crippen molar-refractivity contribution in [1.82, 2.24) is 0 Å². The van der Waals surface area contributed by atoms with Gasteiger partial charge in [-0.2, -0.15) is 0 Å². The topological polar surface area (TPSA) is 46.2 Å². The van der Waals surface area contributed by atoms with E-state index >= 15 is 0 Å². The third kappa shape index (κ3) is 2.32. The van der Waals surface area contributed by atoms with Crippen LogP contribution in [0.3, 0.4) is 0 Å². The first-order chi connectivity index (χ1) is 5.74. The van der Waals surface area contributed by atoms with Crippen molar-refractivity contribution >= 4 is 0 Å². The Hall–Kier alpha value is -0.860. The van der Waals surface area contributed by atoms with Gasteiger partial charge in [-0.15, -0.1) is 0 Å². The van der Waals surface area contributed by atoms with Gasteiger partial charge < -0.3 is 10.8 Å². The Kier molecular flexibility index (Phi) is 3.26. The van der Waals surface area contributed by atoms with Crippen LogP contribution in [-0.2, 0) is 0 Å². The minimum atomic E-state index is -0.407. The Morgan fingerprint density at radius 2 is 1.92 bits per heavy atom. The number of nitrogens with two attached hydrogens (primary N) is 1.